The van der Waals surface area contributed by atoms with E-state index < -0.39 is 5.97 Å². The maximum Gasteiger partial charge on any atom is 0.335 e. The Morgan fingerprint density at radius 2 is 1.51 bits per heavy atom. The monoisotopic (exact) mass is 491 g/mol. The molecule has 196 valence electrons. The van der Waals surface area contributed by atoms with Gasteiger partial charge in [-0.2, -0.15) is 0 Å². The molecule has 0 aliphatic heterocycles. The molecular formula is C27H41NO7. The van der Waals surface area contributed by atoms with Crippen LogP contribution in [-0.4, -0.2) is 75.3 Å². The van der Waals surface area contributed by atoms with E-state index in [1.54, 1.807) is 7.11 Å². The number of carboxylic acid groups (broad SMARTS) is 1. The van der Waals surface area contributed by atoms with E-state index in [-0.39, 0.29) is 5.56 Å². The Labute approximate surface area is 209 Å². The van der Waals surface area contributed by atoms with Crippen LogP contribution in [0.1, 0.15) is 49.0 Å². The number of aliphatic hydroxyl groups is 1. The minimum atomic E-state index is -1.05. The Morgan fingerprint density at radius 1 is 0.914 bits per heavy atom. The molecule has 0 aliphatic carbocycles. The maximum atomic E-state index is 10.8. The van der Waals surface area contributed by atoms with Crippen LogP contribution in [0.5, 0.6) is 23.0 Å². The van der Waals surface area contributed by atoms with E-state index in [4.69, 9.17) is 29.2 Å². The van der Waals surface area contributed by atoms with Gasteiger partial charge in [0, 0.05) is 12.6 Å². The van der Waals surface area contributed by atoms with Crippen molar-refractivity contribution < 1.29 is 34.0 Å². The van der Waals surface area contributed by atoms with Crippen LogP contribution in [0.4, 0.5) is 0 Å². The second kappa shape index (κ2) is 16.6. The molecule has 0 saturated heterocycles. The predicted octanol–water partition coefficient (Wildman–Crippen LogP) is 4.52. The number of unbranched alkanes of at least 4 members (excludes halogenated alkanes) is 2. The Balaban J connectivity index is 0.000000365. The van der Waals surface area contributed by atoms with Crippen molar-refractivity contribution in [3.8, 4) is 23.0 Å². The third-order valence-corrected chi connectivity index (χ3v) is 5.75. The molecule has 35 heavy (non-hydrogen) atoms. The minimum absolute atomic E-state index is 0.0875. The van der Waals surface area contributed by atoms with Gasteiger partial charge in [-0.15, -0.1) is 0 Å². The molecule has 0 spiro atoms. The van der Waals surface area contributed by atoms with E-state index in [1.807, 2.05) is 12.1 Å². The number of likely N-dealkylation sites (N-methyl/N-ethyl adjacent to an activating group) is 1. The highest BCUT2D eigenvalue weighted by atomic mass is 16.5. The van der Waals surface area contributed by atoms with Gasteiger partial charge in [-0.1, -0.05) is 25.1 Å². The number of carboxylic acids is 1. The topological polar surface area (TPSA) is 97.7 Å². The molecule has 1 atom stereocenters. The molecule has 8 nitrogen and oxygen atoms in total. The van der Waals surface area contributed by atoms with E-state index in [0.29, 0.717) is 29.9 Å². The lowest BCUT2D eigenvalue weighted by Gasteiger charge is -2.28. The van der Waals surface area contributed by atoms with Crippen molar-refractivity contribution in [1.29, 1.82) is 0 Å². The van der Waals surface area contributed by atoms with Crippen LogP contribution in [0.2, 0.25) is 0 Å². The molecule has 0 radical (unpaired) electrons. The number of hydrogen-bond donors (Lipinski definition) is 2. The second-order valence-electron chi connectivity index (χ2n) is 8.00. The van der Waals surface area contributed by atoms with Gasteiger partial charge in [0.1, 0.15) is 5.75 Å². The fourth-order valence-electron chi connectivity index (χ4n) is 3.82. The van der Waals surface area contributed by atoms with Crippen LogP contribution >= 0.6 is 0 Å². The van der Waals surface area contributed by atoms with E-state index in [2.05, 4.69) is 30.9 Å². The molecule has 0 bridgehead atoms. The Hall–Kier alpha value is -2.97. The Morgan fingerprint density at radius 3 is 2.00 bits per heavy atom. The molecule has 1 unspecified atom stereocenters. The first-order chi connectivity index (χ1) is 16.9. The third-order valence-electron chi connectivity index (χ3n) is 5.75. The van der Waals surface area contributed by atoms with Crippen LogP contribution in [0.15, 0.2) is 36.4 Å². The van der Waals surface area contributed by atoms with Crippen LogP contribution in [0.25, 0.3) is 0 Å². The number of ether oxygens (including phenoxy) is 4. The minimum Gasteiger partial charge on any atom is -0.496 e. The largest absolute Gasteiger partial charge is 0.496 e. The van der Waals surface area contributed by atoms with Crippen molar-refractivity contribution in [2.24, 2.45) is 0 Å². The van der Waals surface area contributed by atoms with Gasteiger partial charge in [-0.25, -0.2) is 4.79 Å². The SMILES string of the molecule is CCN(CCCCCO)C(C)Cc1ccccc1OC.COc1cc(C(=O)O)cc(OC)c1OC. The molecule has 0 aromatic heterocycles. The number of carbonyl (C=O) groups is 1. The zero-order valence-corrected chi connectivity index (χ0v) is 21.9. The first kappa shape index (κ1) is 30.1. The lowest BCUT2D eigenvalue weighted by molar-refractivity contribution is 0.0696. The zero-order chi connectivity index (χ0) is 26.2. The summed E-state index contributed by atoms with van der Waals surface area (Å²) in [7, 11) is 6.06. The number of hydrogen-bond acceptors (Lipinski definition) is 7. The average Bonchev–Trinajstić information content (AvgIpc) is 2.88. The Kier molecular flexibility index (Phi) is 14.3. The summed E-state index contributed by atoms with van der Waals surface area (Å²) >= 11 is 0. The van der Waals surface area contributed by atoms with Gasteiger partial charge in [-0.05, 0) is 69.5 Å². The normalized spacial score (nSPS) is 11.3. The van der Waals surface area contributed by atoms with Crippen LogP contribution in [-0.2, 0) is 6.42 Å². The van der Waals surface area contributed by atoms with Crippen molar-refractivity contribution in [3.63, 3.8) is 0 Å². The molecule has 0 saturated carbocycles. The van der Waals surface area contributed by atoms with Gasteiger partial charge in [-0.3, -0.25) is 0 Å². The van der Waals surface area contributed by atoms with Crippen molar-refractivity contribution in [1.82, 2.24) is 4.90 Å². The Bertz CT molecular complexity index is 863. The predicted molar refractivity (Wildman–Crippen MR) is 137 cm³/mol. The number of nitrogens with zero attached hydrogens (tertiary/aromatic N) is 1. The zero-order valence-electron chi connectivity index (χ0n) is 21.9. The van der Waals surface area contributed by atoms with Crippen molar-refractivity contribution in [2.45, 2.75) is 45.6 Å². The first-order valence-corrected chi connectivity index (χ1v) is 11.9. The molecule has 2 rings (SSSR count). The maximum absolute atomic E-state index is 10.8. The quantitative estimate of drug-likeness (QED) is 0.372. The van der Waals surface area contributed by atoms with Gasteiger partial charge < -0.3 is 34.1 Å². The lowest BCUT2D eigenvalue weighted by atomic mass is 10.0. The molecule has 0 fully saturated rings. The summed E-state index contributed by atoms with van der Waals surface area (Å²) < 4.78 is 20.5. The number of para-hydroxylation sites is 1. The fraction of sp³-hybridized carbons (Fsp3) is 0.519. The van der Waals surface area contributed by atoms with E-state index in [1.165, 1.54) is 39.0 Å². The molecule has 2 N–H and O–H groups in total. The van der Waals surface area contributed by atoms with Crippen molar-refractivity contribution >= 4 is 5.97 Å². The summed E-state index contributed by atoms with van der Waals surface area (Å²) in [6.07, 6.45) is 4.19. The highest BCUT2D eigenvalue weighted by Gasteiger charge is 2.16. The number of aromatic carboxylic acids is 1. The smallest absolute Gasteiger partial charge is 0.335 e. The molecule has 0 aliphatic rings. The van der Waals surface area contributed by atoms with Crippen LogP contribution < -0.4 is 18.9 Å². The number of benzene rings is 2. The number of methoxy groups -OCH3 is 4. The summed E-state index contributed by atoms with van der Waals surface area (Å²) in [6.45, 7) is 6.97. The summed E-state index contributed by atoms with van der Waals surface area (Å²) in [5.74, 6) is 0.971. The van der Waals surface area contributed by atoms with Crippen LogP contribution in [0.3, 0.4) is 0 Å². The van der Waals surface area contributed by atoms with Gasteiger partial charge in [0.25, 0.3) is 0 Å². The van der Waals surface area contributed by atoms with Crippen molar-refractivity contribution in [3.05, 3.63) is 47.5 Å². The third kappa shape index (κ3) is 9.66. The highest BCUT2D eigenvalue weighted by Crippen LogP contribution is 2.38. The molecule has 2 aromatic rings. The van der Waals surface area contributed by atoms with E-state index >= 15 is 0 Å². The molecular weight excluding hydrogens is 450 g/mol. The lowest BCUT2D eigenvalue weighted by Crippen LogP contribution is -2.35. The van der Waals surface area contributed by atoms with E-state index in [0.717, 1.165) is 44.5 Å². The van der Waals surface area contributed by atoms with E-state index in [9.17, 15) is 4.79 Å². The highest BCUT2D eigenvalue weighted by molar-refractivity contribution is 5.89. The van der Waals surface area contributed by atoms with Gasteiger partial charge in [0.15, 0.2) is 11.5 Å². The van der Waals surface area contributed by atoms with Gasteiger partial charge >= 0.3 is 5.97 Å². The summed E-state index contributed by atoms with van der Waals surface area (Å²) in [6, 6.07) is 11.5. The molecule has 0 heterocycles. The molecule has 8 heteroatoms. The number of rotatable bonds is 14. The fourth-order valence-corrected chi connectivity index (χ4v) is 3.82. The van der Waals surface area contributed by atoms with Crippen molar-refractivity contribution in [2.75, 3.05) is 48.1 Å². The summed E-state index contributed by atoms with van der Waals surface area (Å²) in [5.41, 5.74) is 1.36. The first-order valence-electron chi connectivity index (χ1n) is 11.9. The summed E-state index contributed by atoms with van der Waals surface area (Å²) in [4.78, 5) is 13.3. The average molecular weight is 492 g/mol. The molecule has 0 amide bonds. The van der Waals surface area contributed by atoms with Crippen LogP contribution in [0, 0.1) is 0 Å². The standard InChI is InChI=1S/C17H29NO2.C10H12O5/c1-4-18(12-8-5-9-13-19)15(2)14-16-10-6-7-11-17(16)20-3;1-13-7-4-6(10(11)12)5-8(14-2)9(7)15-3/h6-7,10-11,15,19H,4-5,8-9,12-14H2,1-3H3;4-5H,1-3H3,(H,11,12). The summed E-state index contributed by atoms with van der Waals surface area (Å²) in [5, 5.41) is 17.7. The van der Waals surface area contributed by atoms with Gasteiger partial charge in [0.2, 0.25) is 5.75 Å². The number of aliphatic hydroxyl groups excluding tert-OH is 1. The molecule has 2 aromatic carbocycles. The van der Waals surface area contributed by atoms with Gasteiger partial charge in [0.05, 0.1) is 34.0 Å². The second-order valence-corrected chi connectivity index (χ2v) is 8.00.